The predicted molar refractivity (Wildman–Crippen MR) is 92.4 cm³/mol. The molecule has 1 amide bonds. The number of aromatic nitrogens is 2. The van der Waals surface area contributed by atoms with Gasteiger partial charge in [0.2, 0.25) is 5.91 Å². The quantitative estimate of drug-likeness (QED) is 0.792. The third-order valence-corrected chi connectivity index (χ3v) is 4.02. The Labute approximate surface area is 144 Å². The Balaban J connectivity index is 1.50. The van der Waals surface area contributed by atoms with Gasteiger partial charge in [-0.25, -0.2) is 4.98 Å². The van der Waals surface area contributed by atoms with Crippen LogP contribution in [0, 0.1) is 6.92 Å². The molecule has 0 unspecified atom stereocenters. The number of hydrogen-bond acceptors (Lipinski definition) is 5. The van der Waals surface area contributed by atoms with E-state index in [1.807, 2.05) is 24.3 Å². The van der Waals surface area contributed by atoms with E-state index in [0.717, 1.165) is 30.0 Å². The van der Waals surface area contributed by atoms with Gasteiger partial charge in [-0.05, 0) is 42.8 Å². The number of nitrogens with one attached hydrogen (secondary N) is 1. The molecule has 0 atom stereocenters. The summed E-state index contributed by atoms with van der Waals surface area (Å²) in [4.78, 5) is 16.7. The van der Waals surface area contributed by atoms with Crippen molar-refractivity contribution in [1.29, 1.82) is 0 Å². The van der Waals surface area contributed by atoms with Gasteiger partial charge in [0, 0.05) is 18.1 Å². The lowest BCUT2D eigenvalue weighted by molar-refractivity contribution is -0.115. The van der Waals surface area contributed by atoms with Gasteiger partial charge in [0.25, 0.3) is 0 Å². The van der Waals surface area contributed by atoms with Gasteiger partial charge in [0.15, 0.2) is 0 Å². The van der Waals surface area contributed by atoms with E-state index < -0.39 is 0 Å². The van der Waals surface area contributed by atoms with Gasteiger partial charge in [-0.3, -0.25) is 4.79 Å². The number of amides is 1. The molecule has 0 saturated heterocycles. The van der Waals surface area contributed by atoms with Gasteiger partial charge >= 0.3 is 0 Å². The molecule has 0 aliphatic carbocycles. The maximum atomic E-state index is 12.1. The van der Waals surface area contributed by atoms with Gasteiger partial charge < -0.3 is 14.6 Å². The zero-order valence-electron chi connectivity index (χ0n) is 13.8. The van der Waals surface area contributed by atoms with E-state index in [0.29, 0.717) is 17.3 Å². The van der Waals surface area contributed by atoms with Crippen molar-refractivity contribution < 1.29 is 14.1 Å². The van der Waals surface area contributed by atoms with E-state index in [9.17, 15) is 4.79 Å². The number of pyridine rings is 1. The van der Waals surface area contributed by atoms with Crippen molar-refractivity contribution in [2.75, 3.05) is 11.9 Å². The summed E-state index contributed by atoms with van der Waals surface area (Å²) in [5.41, 5.74) is 3.61. The lowest BCUT2D eigenvalue weighted by Crippen LogP contribution is -2.15. The summed E-state index contributed by atoms with van der Waals surface area (Å²) in [5, 5.41) is 6.63. The Morgan fingerprint density at radius 3 is 3.00 bits per heavy atom. The molecule has 1 aliphatic rings. The summed E-state index contributed by atoms with van der Waals surface area (Å²) in [6.07, 6.45) is 1.07. The number of benzene rings is 1. The van der Waals surface area contributed by atoms with Crippen molar-refractivity contribution >= 4 is 11.7 Å². The molecule has 1 aromatic carbocycles. The third-order valence-electron chi connectivity index (χ3n) is 4.02. The summed E-state index contributed by atoms with van der Waals surface area (Å²) in [6, 6.07) is 13.4. The van der Waals surface area contributed by atoms with E-state index in [1.54, 1.807) is 19.1 Å². The fraction of sp³-hybridized carbons (Fsp3) is 0.211. The van der Waals surface area contributed by atoms with Crippen molar-refractivity contribution in [3.63, 3.8) is 0 Å². The Hall–Kier alpha value is -3.15. The van der Waals surface area contributed by atoms with Crippen LogP contribution in [0.4, 0.5) is 5.82 Å². The SMILES string of the molecule is Cc1cc(CC(=O)Nc2cccc(-c3ccc4c(c3)CCO4)n2)no1. The molecule has 6 heteroatoms. The van der Waals surface area contributed by atoms with Crippen LogP contribution >= 0.6 is 0 Å². The van der Waals surface area contributed by atoms with Crippen LogP contribution in [0.5, 0.6) is 5.75 Å². The third kappa shape index (κ3) is 3.38. The standard InChI is InChI=1S/C19H17N3O3/c1-12-9-15(22-25-12)11-19(23)21-18-4-2-3-16(20-18)13-5-6-17-14(10-13)7-8-24-17/h2-6,9-10H,7-8,11H2,1H3,(H,20,21,23). The van der Waals surface area contributed by atoms with E-state index in [4.69, 9.17) is 9.26 Å². The number of carbonyl (C=O) groups is 1. The van der Waals surface area contributed by atoms with Crippen LogP contribution in [0.1, 0.15) is 17.0 Å². The molecule has 0 bridgehead atoms. The van der Waals surface area contributed by atoms with Crippen molar-refractivity contribution in [2.45, 2.75) is 19.8 Å². The maximum absolute atomic E-state index is 12.1. The lowest BCUT2D eigenvalue weighted by atomic mass is 10.1. The second-order valence-corrected chi connectivity index (χ2v) is 5.98. The Kier molecular flexibility index (Phi) is 3.93. The number of aryl methyl sites for hydroxylation is 1. The maximum Gasteiger partial charge on any atom is 0.231 e. The smallest absolute Gasteiger partial charge is 0.231 e. The summed E-state index contributed by atoms with van der Waals surface area (Å²) >= 11 is 0. The first-order chi connectivity index (χ1) is 12.2. The van der Waals surface area contributed by atoms with Crippen LogP contribution in [-0.4, -0.2) is 22.7 Å². The van der Waals surface area contributed by atoms with Crippen LogP contribution in [0.25, 0.3) is 11.3 Å². The number of fused-ring (bicyclic) bond motifs is 1. The average molecular weight is 335 g/mol. The van der Waals surface area contributed by atoms with E-state index >= 15 is 0 Å². The monoisotopic (exact) mass is 335 g/mol. The molecule has 0 fully saturated rings. The van der Waals surface area contributed by atoms with Gasteiger partial charge in [-0.2, -0.15) is 0 Å². The first kappa shape index (κ1) is 15.4. The molecule has 25 heavy (non-hydrogen) atoms. The molecule has 126 valence electrons. The van der Waals surface area contributed by atoms with Gasteiger partial charge in [-0.1, -0.05) is 11.2 Å². The van der Waals surface area contributed by atoms with Gasteiger partial charge in [0.05, 0.1) is 24.4 Å². The van der Waals surface area contributed by atoms with Crippen molar-refractivity contribution in [3.8, 4) is 17.0 Å². The number of carbonyl (C=O) groups excluding carboxylic acids is 1. The van der Waals surface area contributed by atoms with E-state index in [2.05, 4.69) is 21.5 Å². The van der Waals surface area contributed by atoms with Gasteiger partial charge in [0.1, 0.15) is 17.3 Å². The summed E-state index contributed by atoms with van der Waals surface area (Å²) in [5.74, 6) is 1.96. The first-order valence-electron chi connectivity index (χ1n) is 8.12. The minimum atomic E-state index is -0.180. The zero-order chi connectivity index (χ0) is 17.2. The fourth-order valence-corrected chi connectivity index (χ4v) is 2.86. The number of hydrogen-bond donors (Lipinski definition) is 1. The van der Waals surface area contributed by atoms with Crippen LogP contribution < -0.4 is 10.1 Å². The van der Waals surface area contributed by atoms with E-state index in [1.165, 1.54) is 5.56 Å². The highest BCUT2D eigenvalue weighted by molar-refractivity contribution is 5.91. The highest BCUT2D eigenvalue weighted by Gasteiger charge is 2.14. The molecule has 4 rings (SSSR count). The highest BCUT2D eigenvalue weighted by atomic mass is 16.5. The molecule has 6 nitrogen and oxygen atoms in total. The van der Waals surface area contributed by atoms with Gasteiger partial charge in [-0.15, -0.1) is 0 Å². The molecule has 0 saturated carbocycles. The van der Waals surface area contributed by atoms with Crippen molar-refractivity contribution in [1.82, 2.24) is 10.1 Å². The topological polar surface area (TPSA) is 77.2 Å². The number of nitrogens with zero attached hydrogens (tertiary/aromatic N) is 2. The van der Waals surface area contributed by atoms with E-state index in [-0.39, 0.29) is 12.3 Å². The molecule has 2 aromatic heterocycles. The Morgan fingerprint density at radius 1 is 1.24 bits per heavy atom. The van der Waals surface area contributed by atoms with Crippen LogP contribution in [0.3, 0.4) is 0 Å². The predicted octanol–water partition coefficient (Wildman–Crippen LogP) is 3.16. The molecule has 3 heterocycles. The highest BCUT2D eigenvalue weighted by Crippen LogP contribution is 2.30. The Morgan fingerprint density at radius 2 is 2.16 bits per heavy atom. The van der Waals surface area contributed by atoms with Crippen molar-refractivity contribution in [3.05, 3.63) is 59.5 Å². The lowest BCUT2D eigenvalue weighted by Gasteiger charge is -2.07. The summed E-state index contributed by atoms with van der Waals surface area (Å²) in [6.45, 7) is 2.52. The summed E-state index contributed by atoms with van der Waals surface area (Å²) < 4.78 is 10.5. The number of anilines is 1. The second kappa shape index (κ2) is 6.39. The fourth-order valence-electron chi connectivity index (χ4n) is 2.86. The first-order valence-corrected chi connectivity index (χ1v) is 8.12. The number of rotatable bonds is 4. The molecule has 0 radical (unpaired) electrons. The average Bonchev–Trinajstić information content (AvgIpc) is 3.23. The number of ether oxygens (including phenoxy) is 1. The van der Waals surface area contributed by atoms with Crippen molar-refractivity contribution in [2.24, 2.45) is 0 Å². The normalized spacial score (nSPS) is 12.5. The largest absolute Gasteiger partial charge is 0.493 e. The summed E-state index contributed by atoms with van der Waals surface area (Å²) in [7, 11) is 0. The molecule has 0 spiro atoms. The zero-order valence-corrected chi connectivity index (χ0v) is 13.8. The minimum absolute atomic E-state index is 0.152. The second-order valence-electron chi connectivity index (χ2n) is 5.98. The molecular weight excluding hydrogens is 318 g/mol. The molecule has 1 aliphatic heterocycles. The molecular formula is C19H17N3O3. The van der Waals surface area contributed by atoms with Crippen LogP contribution in [-0.2, 0) is 17.6 Å². The van der Waals surface area contributed by atoms with Crippen LogP contribution in [0.15, 0.2) is 47.0 Å². The van der Waals surface area contributed by atoms with Crippen LogP contribution in [0.2, 0.25) is 0 Å². The minimum Gasteiger partial charge on any atom is -0.493 e. The Bertz CT molecular complexity index is 933. The molecule has 1 N–H and O–H groups in total. The molecule has 3 aromatic rings.